The summed E-state index contributed by atoms with van der Waals surface area (Å²) in [4.78, 5) is 17.3. The Morgan fingerprint density at radius 2 is 1.67 bits per heavy atom. The van der Waals surface area contributed by atoms with Crippen molar-refractivity contribution in [1.82, 2.24) is 15.1 Å². The van der Waals surface area contributed by atoms with Gasteiger partial charge in [0, 0.05) is 25.2 Å². The summed E-state index contributed by atoms with van der Waals surface area (Å²) in [6.45, 7) is 4.30. The van der Waals surface area contributed by atoms with E-state index in [1.165, 1.54) is 38.5 Å². The van der Waals surface area contributed by atoms with E-state index in [1.54, 1.807) is 0 Å². The van der Waals surface area contributed by atoms with E-state index in [-0.39, 0.29) is 6.04 Å². The Kier molecular flexibility index (Phi) is 4.85. The first kappa shape index (κ1) is 15.3. The molecule has 3 fully saturated rings. The highest BCUT2D eigenvalue weighted by molar-refractivity contribution is 5.81. The Bertz CT molecular complexity index is 353. The third kappa shape index (κ3) is 3.42. The van der Waals surface area contributed by atoms with E-state index >= 15 is 0 Å². The Hall–Kier alpha value is -0.610. The minimum atomic E-state index is 0.0561. The number of hydrogen-bond donors (Lipinski definition) is 1. The highest BCUT2D eigenvalue weighted by Crippen LogP contribution is 2.29. The summed E-state index contributed by atoms with van der Waals surface area (Å²) in [7, 11) is 2.03. The minimum Gasteiger partial charge on any atom is -0.341 e. The lowest BCUT2D eigenvalue weighted by Gasteiger charge is -2.38. The van der Waals surface area contributed by atoms with E-state index in [9.17, 15) is 4.79 Å². The topological polar surface area (TPSA) is 35.6 Å². The van der Waals surface area contributed by atoms with E-state index in [4.69, 9.17) is 0 Å². The standard InChI is InChI=1S/C17H31N3O/c1-13(20-9-5-3-4-6-10-20)17(21)19(2)16-11-14-7-8-15(12-16)18-14/h13-16,18H,3-12H2,1-2H3. The van der Waals surface area contributed by atoms with Crippen LogP contribution in [0.4, 0.5) is 0 Å². The van der Waals surface area contributed by atoms with Crippen molar-refractivity contribution in [3.05, 3.63) is 0 Å². The molecule has 0 aromatic heterocycles. The van der Waals surface area contributed by atoms with Crippen LogP contribution < -0.4 is 5.32 Å². The molecule has 0 aromatic carbocycles. The number of nitrogens with one attached hydrogen (secondary N) is 1. The fourth-order valence-corrected chi connectivity index (χ4v) is 4.46. The minimum absolute atomic E-state index is 0.0561. The molecule has 21 heavy (non-hydrogen) atoms. The van der Waals surface area contributed by atoms with Gasteiger partial charge >= 0.3 is 0 Å². The van der Waals surface area contributed by atoms with Gasteiger partial charge in [-0.2, -0.15) is 0 Å². The second kappa shape index (κ2) is 6.66. The SMILES string of the molecule is CC(C(=O)N(C)C1CC2CCC(C1)N2)N1CCCCCC1. The zero-order chi connectivity index (χ0) is 14.8. The molecule has 3 saturated heterocycles. The van der Waals surface area contributed by atoms with Crippen LogP contribution in [0, 0.1) is 0 Å². The fourth-order valence-electron chi connectivity index (χ4n) is 4.46. The molecule has 120 valence electrons. The second-order valence-corrected chi connectivity index (χ2v) is 7.34. The molecule has 0 saturated carbocycles. The molecule has 3 unspecified atom stereocenters. The summed E-state index contributed by atoms with van der Waals surface area (Å²) in [5.74, 6) is 0.336. The molecule has 4 nitrogen and oxygen atoms in total. The van der Waals surface area contributed by atoms with Crippen LogP contribution in [0.2, 0.25) is 0 Å². The summed E-state index contributed by atoms with van der Waals surface area (Å²) in [6.07, 6.45) is 10.0. The van der Waals surface area contributed by atoms with Crippen molar-refractivity contribution in [2.45, 2.75) is 82.5 Å². The molecular weight excluding hydrogens is 262 g/mol. The number of likely N-dealkylation sites (tertiary alicyclic amines) is 1. The molecule has 1 N–H and O–H groups in total. The van der Waals surface area contributed by atoms with Crippen LogP contribution in [0.1, 0.15) is 58.3 Å². The zero-order valence-electron chi connectivity index (χ0n) is 13.7. The van der Waals surface area contributed by atoms with E-state index < -0.39 is 0 Å². The van der Waals surface area contributed by atoms with Crippen LogP contribution in [0.25, 0.3) is 0 Å². The first-order chi connectivity index (χ1) is 10.1. The lowest BCUT2D eigenvalue weighted by atomic mass is 9.98. The van der Waals surface area contributed by atoms with Crippen LogP contribution in [-0.4, -0.2) is 60.0 Å². The van der Waals surface area contributed by atoms with Gasteiger partial charge in [-0.15, -0.1) is 0 Å². The summed E-state index contributed by atoms with van der Waals surface area (Å²) >= 11 is 0. The van der Waals surface area contributed by atoms with E-state index in [2.05, 4.69) is 22.0 Å². The highest BCUT2D eigenvalue weighted by atomic mass is 16.2. The number of fused-ring (bicyclic) bond motifs is 2. The second-order valence-electron chi connectivity index (χ2n) is 7.34. The number of rotatable bonds is 3. The van der Waals surface area contributed by atoms with E-state index in [0.29, 0.717) is 24.0 Å². The van der Waals surface area contributed by atoms with Crippen LogP contribution in [-0.2, 0) is 4.79 Å². The van der Waals surface area contributed by atoms with Gasteiger partial charge in [0.15, 0.2) is 0 Å². The Labute approximate surface area is 129 Å². The van der Waals surface area contributed by atoms with Crippen LogP contribution >= 0.6 is 0 Å². The third-order valence-corrected chi connectivity index (χ3v) is 5.89. The van der Waals surface area contributed by atoms with Gasteiger partial charge in [0.05, 0.1) is 6.04 Å². The Morgan fingerprint density at radius 3 is 2.24 bits per heavy atom. The molecule has 0 radical (unpaired) electrons. The van der Waals surface area contributed by atoms with Crippen molar-refractivity contribution in [3.63, 3.8) is 0 Å². The van der Waals surface area contributed by atoms with Gasteiger partial charge in [-0.1, -0.05) is 12.8 Å². The molecule has 0 aliphatic carbocycles. The number of carbonyl (C=O) groups is 1. The van der Waals surface area contributed by atoms with Gasteiger partial charge in [0.25, 0.3) is 0 Å². The molecule has 3 rings (SSSR count). The quantitative estimate of drug-likeness (QED) is 0.864. The zero-order valence-corrected chi connectivity index (χ0v) is 13.7. The molecule has 0 aromatic rings. The molecule has 3 aliphatic heterocycles. The molecule has 0 spiro atoms. The fraction of sp³-hybridized carbons (Fsp3) is 0.941. The number of likely N-dealkylation sites (N-methyl/N-ethyl adjacent to an activating group) is 1. The molecule has 3 heterocycles. The largest absolute Gasteiger partial charge is 0.341 e. The van der Waals surface area contributed by atoms with Crippen molar-refractivity contribution in [2.24, 2.45) is 0 Å². The molecule has 1 amide bonds. The van der Waals surface area contributed by atoms with Gasteiger partial charge in [-0.05, 0) is 58.5 Å². The van der Waals surface area contributed by atoms with Crippen LogP contribution in [0.3, 0.4) is 0 Å². The average Bonchev–Trinajstić information content (AvgIpc) is 2.73. The maximum atomic E-state index is 12.9. The van der Waals surface area contributed by atoms with E-state index in [1.807, 2.05) is 7.05 Å². The Balaban J connectivity index is 1.58. The number of nitrogens with zero attached hydrogens (tertiary/aromatic N) is 2. The summed E-state index contributed by atoms with van der Waals surface area (Å²) in [6, 6.07) is 1.81. The number of piperidine rings is 1. The van der Waals surface area contributed by atoms with Crippen LogP contribution in [0.15, 0.2) is 0 Å². The monoisotopic (exact) mass is 293 g/mol. The normalized spacial score (nSPS) is 35.2. The van der Waals surface area contributed by atoms with Gasteiger partial charge in [-0.3, -0.25) is 9.69 Å². The maximum Gasteiger partial charge on any atom is 0.239 e. The average molecular weight is 293 g/mol. The first-order valence-electron chi connectivity index (χ1n) is 8.92. The van der Waals surface area contributed by atoms with Crippen molar-refractivity contribution < 1.29 is 4.79 Å². The van der Waals surface area contributed by atoms with Gasteiger partial charge in [0.1, 0.15) is 0 Å². The van der Waals surface area contributed by atoms with Crippen molar-refractivity contribution in [2.75, 3.05) is 20.1 Å². The van der Waals surface area contributed by atoms with Crippen molar-refractivity contribution >= 4 is 5.91 Å². The number of hydrogen-bond acceptors (Lipinski definition) is 3. The molecular formula is C17H31N3O. The maximum absolute atomic E-state index is 12.9. The third-order valence-electron chi connectivity index (χ3n) is 5.89. The first-order valence-corrected chi connectivity index (χ1v) is 8.92. The van der Waals surface area contributed by atoms with Crippen LogP contribution in [0.5, 0.6) is 0 Å². The highest BCUT2D eigenvalue weighted by Gasteiger charge is 2.37. The lowest BCUT2D eigenvalue weighted by Crippen LogP contribution is -2.53. The molecule has 3 atom stereocenters. The predicted octanol–water partition coefficient (Wildman–Crippen LogP) is 1.99. The van der Waals surface area contributed by atoms with E-state index in [0.717, 1.165) is 25.9 Å². The van der Waals surface area contributed by atoms with Gasteiger partial charge in [0.2, 0.25) is 5.91 Å². The lowest BCUT2D eigenvalue weighted by molar-refractivity contribution is -0.138. The van der Waals surface area contributed by atoms with Crippen molar-refractivity contribution in [1.29, 1.82) is 0 Å². The smallest absolute Gasteiger partial charge is 0.239 e. The van der Waals surface area contributed by atoms with Gasteiger partial charge < -0.3 is 10.2 Å². The number of carbonyl (C=O) groups excluding carboxylic acids is 1. The molecule has 2 bridgehead atoms. The summed E-state index contributed by atoms with van der Waals surface area (Å²) in [5.41, 5.74) is 0. The molecule has 4 heteroatoms. The number of amides is 1. The van der Waals surface area contributed by atoms with Crippen molar-refractivity contribution in [3.8, 4) is 0 Å². The summed E-state index contributed by atoms with van der Waals surface area (Å²) < 4.78 is 0. The Morgan fingerprint density at radius 1 is 1.10 bits per heavy atom. The summed E-state index contributed by atoms with van der Waals surface area (Å²) in [5, 5.41) is 3.67. The predicted molar refractivity (Wildman–Crippen MR) is 85.2 cm³/mol. The molecule has 3 aliphatic rings. The van der Waals surface area contributed by atoms with Gasteiger partial charge in [-0.25, -0.2) is 0 Å².